The number of carbonyl (C=O) groups excluding carboxylic acids is 2. The van der Waals surface area contributed by atoms with Crippen molar-refractivity contribution in [3.8, 4) is 5.75 Å². The highest BCUT2D eigenvalue weighted by molar-refractivity contribution is 6.08. The molecule has 0 aromatic heterocycles. The predicted molar refractivity (Wildman–Crippen MR) is 86.0 cm³/mol. The lowest BCUT2D eigenvalue weighted by molar-refractivity contribution is -0.126. The molecule has 0 radical (unpaired) electrons. The molecule has 1 fully saturated rings. The topological polar surface area (TPSA) is 43.4 Å². The Bertz CT molecular complexity index is 639. The molecular formula is C19H22O3. The Morgan fingerprint density at radius 2 is 1.86 bits per heavy atom. The van der Waals surface area contributed by atoms with Crippen molar-refractivity contribution in [3.05, 3.63) is 34.9 Å². The Morgan fingerprint density at radius 1 is 1.14 bits per heavy atom. The monoisotopic (exact) mass is 298 g/mol. The predicted octanol–water partition coefficient (Wildman–Crippen LogP) is 3.66. The third kappa shape index (κ3) is 2.72. The van der Waals surface area contributed by atoms with E-state index in [1.54, 1.807) is 7.11 Å². The summed E-state index contributed by atoms with van der Waals surface area (Å²) in [4.78, 5) is 23.5. The standard InChI is InChI=1S/C19H22O3/c1-12-10-16-13(4-3-5-14(16)11-19(12)22-2)6-7-15-17(20)8-9-18(15)21/h6,10-11,15H,3-5,7-9H2,1-2H3. The Labute approximate surface area is 131 Å². The summed E-state index contributed by atoms with van der Waals surface area (Å²) in [6.07, 6.45) is 6.74. The molecule has 0 spiro atoms. The first-order valence-electron chi connectivity index (χ1n) is 8.02. The van der Waals surface area contributed by atoms with Gasteiger partial charge in [-0.3, -0.25) is 9.59 Å². The zero-order chi connectivity index (χ0) is 15.7. The van der Waals surface area contributed by atoms with Crippen LogP contribution in [0.15, 0.2) is 18.2 Å². The Kier molecular flexibility index (Phi) is 4.14. The van der Waals surface area contributed by atoms with Gasteiger partial charge in [0.05, 0.1) is 13.0 Å². The number of allylic oxidation sites excluding steroid dienone is 2. The normalized spacial score (nSPS) is 20.5. The number of ketones is 2. The summed E-state index contributed by atoms with van der Waals surface area (Å²) in [6.45, 7) is 2.05. The van der Waals surface area contributed by atoms with Gasteiger partial charge in [0.25, 0.3) is 0 Å². The van der Waals surface area contributed by atoms with Crippen molar-refractivity contribution in [1.29, 1.82) is 0 Å². The second-order valence-corrected chi connectivity index (χ2v) is 6.28. The molecule has 1 aromatic carbocycles. The van der Waals surface area contributed by atoms with E-state index in [0.717, 1.165) is 30.6 Å². The molecule has 0 unspecified atom stereocenters. The lowest BCUT2D eigenvalue weighted by Crippen LogP contribution is -2.13. The molecule has 1 saturated carbocycles. The summed E-state index contributed by atoms with van der Waals surface area (Å²) in [6, 6.07) is 4.31. The van der Waals surface area contributed by atoms with Gasteiger partial charge in [0.1, 0.15) is 17.3 Å². The van der Waals surface area contributed by atoms with E-state index in [1.165, 1.54) is 16.7 Å². The van der Waals surface area contributed by atoms with Crippen LogP contribution in [0, 0.1) is 12.8 Å². The van der Waals surface area contributed by atoms with Crippen LogP contribution in [0.1, 0.15) is 48.8 Å². The number of Topliss-reactive ketones (excluding diaryl/α,β-unsaturated/α-hetero) is 2. The molecule has 3 heteroatoms. The number of methoxy groups -OCH3 is 1. The molecule has 0 heterocycles. The maximum atomic E-state index is 11.8. The fourth-order valence-electron chi connectivity index (χ4n) is 3.57. The molecule has 0 amide bonds. The van der Waals surface area contributed by atoms with E-state index in [9.17, 15) is 9.59 Å². The number of hydrogen-bond acceptors (Lipinski definition) is 3. The zero-order valence-electron chi connectivity index (χ0n) is 13.3. The van der Waals surface area contributed by atoms with Crippen LogP contribution in [0.3, 0.4) is 0 Å². The molecule has 0 atom stereocenters. The maximum Gasteiger partial charge on any atom is 0.144 e. The highest BCUT2D eigenvalue weighted by Gasteiger charge is 2.31. The number of hydrogen-bond donors (Lipinski definition) is 0. The summed E-state index contributed by atoms with van der Waals surface area (Å²) in [7, 11) is 1.70. The van der Waals surface area contributed by atoms with E-state index in [2.05, 4.69) is 25.1 Å². The Balaban J connectivity index is 1.88. The van der Waals surface area contributed by atoms with Crippen LogP contribution in [0.4, 0.5) is 0 Å². The third-order valence-corrected chi connectivity index (χ3v) is 4.85. The first-order chi connectivity index (χ1) is 10.6. The van der Waals surface area contributed by atoms with Crippen molar-refractivity contribution in [2.75, 3.05) is 7.11 Å². The van der Waals surface area contributed by atoms with Crippen LogP contribution in [0.2, 0.25) is 0 Å². The average molecular weight is 298 g/mol. The molecule has 116 valence electrons. The molecule has 2 aliphatic carbocycles. The number of benzene rings is 1. The summed E-state index contributed by atoms with van der Waals surface area (Å²) in [5.41, 5.74) is 4.98. The second-order valence-electron chi connectivity index (χ2n) is 6.28. The summed E-state index contributed by atoms with van der Waals surface area (Å²) >= 11 is 0. The molecule has 22 heavy (non-hydrogen) atoms. The lowest BCUT2D eigenvalue weighted by Gasteiger charge is -2.21. The van der Waals surface area contributed by atoms with Crippen molar-refractivity contribution in [2.24, 2.45) is 5.92 Å². The van der Waals surface area contributed by atoms with Gasteiger partial charge in [0, 0.05) is 12.8 Å². The minimum atomic E-state index is -0.391. The van der Waals surface area contributed by atoms with Crippen molar-refractivity contribution in [3.63, 3.8) is 0 Å². The largest absolute Gasteiger partial charge is 0.496 e. The van der Waals surface area contributed by atoms with Gasteiger partial charge in [-0.25, -0.2) is 0 Å². The van der Waals surface area contributed by atoms with Crippen LogP contribution in [0.5, 0.6) is 5.75 Å². The fourth-order valence-corrected chi connectivity index (χ4v) is 3.57. The van der Waals surface area contributed by atoms with Gasteiger partial charge in [-0.2, -0.15) is 0 Å². The number of fused-ring (bicyclic) bond motifs is 1. The second kappa shape index (κ2) is 6.07. The minimum Gasteiger partial charge on any atom is -0.496 e. The molecule has 0 N–H and O–H groups in total. The SMILES string of the molecule is COc1cc2c(cc1C)C(=CCC1C(=O)CCC1=O)CCC2. The van der Waals surface area contributed by atoms with Crippen molar-refractivity contribution in [1.82, 2.24) is 0 Å². The van der Waals surface area contributed by atoms with E-state index >= 15 is 0 Å². The van der Waals surface area contributed by atoms with Gasteiger partial charge < -0.3 is 4.74 Å². The molecule has 0 saturated heterocycles. The van der Waals surface area contributed by atoms with Crippen LogP contribution in [-0.2, 0) is 16.0 Å². The average Bonchev–Trinajstić information content (AvgIpc) is 2.83. The van der Waals surface area contributed by atoms with Crippen molar-refractivity contribution < 1.29 is 14.3 Å². The molecule has 1 aromatic rings. The summed E-state index contributed by atoms with van der Waals surface area (Å²) < 4.78 is 5.41. The van der Waals surface area contributed by atoms with E-state index in [1.807, 2.05) is 0 Å². The molecule has 2 aliphatic rings. The molecular weight excluding hydrogens is 276 g/mol. The maximum absolute atomic E-state index is 11.8. The summed E-state index contributed by atoms with van der Waals surface area (Å²) in [5, 5.41) is 0. The van der Waals surface area contributed by atoms with Gasteiger partial charge in [-0.1, -0.05) is 6.08 Å². The Morgan fingerprint density at radius 3 is 2.55 bits per heavy atom. The van der Waals surface area contributed by atoms with E-state index in [-0.39, 0.29) is 11.6 Å². The van der Waals surface area contributed by atoms with Gasteiger partial charge >= 0.3 is 0 Å². The van der Waals surface area contributed by atoms with Crippen LogP contribution < -0.4 is 4.74 Å². The first kappa shape index (κ1) is 15.0. The number of carbonyl (C=O) groups is 2. The first-order valence-corrected chi connectivity index (χ1v) is 8.02. The van der Waals surface area contributed by atoms with Gasteiger partial charge in [0.15, 0.2) is 0 Å². The van der Waals surface area contributed by atoms with Gasteiger partial charge in [-0.15, -0.1) is 0 Å². The third-order valence-electron chi connectivity index (χ3n) is 4.85. The highest BCUT2D eigenvalue weighted by atomic mass is 16.5. The van der Waals surface area contributed by atoms with Crippen molar-refractivity contribution in [2.45, 2.75) is 45.4 Å². The van der Waals surface area contributed by atoms with Crippen LogP contribution in [0.25, 0.3) is 5.57 Å². The number of aryl methyl sites for hydroxylation is 2. The lowest BCUT2D eigenvalue weighted by atomic mass is 9.84. The fraction of sp³-hybridized carbons (Fsp3) is 0.474. The van der Waals surface area contributed by atoms with Crippen LogP contribution >= 0.6 is 0 Å². The van der Waals surface area contributed by atoms with Gasteiger partial charge in [0.2, 0.25) is 0 Å². The van der Waals surface area contributed by atoms with Crippen molar-refractivity contribution >= 4 is 17.1 Å². The molecule has 3 rings (SSSR count). The number of ether oxygens (including phenoxy) is 1. The molecule has 3 nitrogen and oxygen atoms in total. The summed E-state index contributed by atoms with van der Waals surface area (Å²) in [5.74, 6) is 0.769. The Hall–Kier alpha value is -1.90. The smallest absolute Gasteiger partial charge is 0.144 e. The molecule has 0 bridgehead atoms. The number of rotatable bonds is 3. The van der Waals surface area contributed by atoms with Crippen LogP contribution in [-0.4, -0.2) is 18.7 Å². The zero-order valence-corrected chi connectivity index (χ0v) is 13.3. The quantitative estimate of drug-likeness (QED) is 0.800. The molecule has 0 aliphatic heterocycles. The highest BCUT2D eigenvalue weighted by Crippen LogP contribution is 2.36. The van der Waals surface area contributed by atoms with E-state index in [0.29, 0.717) is 19.3 Å². The minimum absolute atomic E-state index is 0.115. The van der Waals surface area contributed by atoms with E-state index in [4.69, 9.17) is 4.74 Å². The van der Waals surface area contributed by atoms with E-state index < -0.39 is 5.92 Å². The van der Waals surface area contributed by atoms with Gasteiger partial charge in [-0.05, 0) is 67.0 Å².